The first-order valence-electron chi connectivity index (χ1n) is 5.14. The molecule has 2 heterocycles. The number of pyridine rings is 1. The summed E-state index contributed by atoms with van der Waals surface area (Å²) in [6.07, 6.45) is 3.91. The van der Waals surface area contributed by atoms with E-state index in [1.165, 1.54) is 6.20 Å². The molecule has 1 atom stereocenters. The number of nitrogens with zero attached hydrogens (tertiary/aromatic N) is 2. The van der Waals surface area contributed by atoms with Gasteiger partial charge in [0.05, 0.1) is 12.8 Å². The van der Waals surface area contributed by atoms with Crippen molar-refractivity contribution in [3.05, 3.63) is 29.8 Å². The van der Waals surface area contributed by atoms with Crippen molar-refractivity contribution in [3.8, 4) is 0 Å². The van der Waals surface area contributed by atoms with Gasteiger partial charge >= 0.3 is 0 Å². The molecule has 0 aromatic carbocycles. The van der Waals surface area contributed by atoms with Gasteiger partial charge in [-0.05, 0) is 19.5 Å². The zero-order valence-corrected chi connectivity index (χ0v) is 8.82. The van der Waals surface area contributed by atoms with E-state index in [0.29, 0.717) is 18.2 Å². The van der Waals surface area contributed by atoms with Gasteiger partial charge in [0.15, 0.2) is 0 Å². The van der Waals surface area contributed by atoms with Gasteiger partial charge in [-0.15, -0.1) is 0 Å². The van der Waals surface area contributed by atoms with E-state index in [1.807, 2.05) is 7.05 Å². The lowest BCUT2D eigenvalue weighted by Crippen LogP contribution is -2.31. The minimum absolute atomic E-state index is 0.233. The van der Waals surface area contributed by atoms with E-state index < -0.39 is 0 Å². The average molecular weight is 210 g/mol. The number of rotatable bonds is 3. The molecule has 1 fully saturated rings. The lowest BCUT2D eigenvalue weighted by Gasteiger charge is -2.22. The highest BCUT2D eigenvalue weighted by atomic mass is 19.1. The molecular weight excluding hydrogens is 195 g/mol. The summed E-state index contributed by atoms with van der Waals surface area (Å²) in [7, 11) is 2.00. The Balaban J connectivity index is 1.99. The van der Waals surface area contributed by atoms with Crippen molar-refractivity contribution in [2.75, 3.05) is 20.3 Å². The van der Waals surface area contributed by atoms with Gasteiger partial charge in [0.1, 0.15) is 5.82 Å². The zero-order valence-electron chi connectivity index (χ0n) is 8.82. The van der Waals surface area contributed by atoms with E-state index in [4.69, 9.17) is 4.74 Å². The Morgan fingerprint density at radius 2 is 2.53 bits per heavy atom. The third-order valence-corrected chi connectivity index (χ3v) is 2.81. The van der Waals surface area contributed by atoms with E-state index in [0.717, 1.165) is 19.6 Å². The normalized spacial score (nSPS) is 21.1. The number of hydrogen-bond donors (Lipinski definition) is 0. The van der Waals surface area contributed by atoms with Crippen molar-refractivity contribution in [3.63, 3.8) is 0 Å². The zero-order chi connectivity index (χ0) is 10.7. The maximum absolute atomic E-state index is 13.3. The van der Waals surface area contributed by atoms with E-state index in [-0.39, 0.29) is 5.82 Å². The van der Waals surface area contributed by atoms with Gasteiger partial charge < -0.3 is 4.74 Å². The fourth-order valence-electron chi connectivity index (χ4n) is 1.80. The standard InChI is InChI=1S/C11H15FN2O/c1-14(10-3-5-15-8-10)7-9-2-4-13-6-11(9)12/h2,4,6,10H,3,5,7-8H2,1H3. The van der Waals surface area contributed by atoms with Gasteiger partial charge in [-0.25, -0.2) is 4.39 Å². The van der Waals surface area contributed by atoms with Gasteiger partial charge in [0, 0.05) is 31.0 Å². The van der Waals surface area contributed by atoms with Crippen LogP contribution in [0.25, 0.3) is 0 Å². The second kappa shape index (κ2) is 4.68. The SMILES string of the molecule is CN(Cc1ccncc1F)C1CCOC1. The molecular formula is C11H15FN2O. The first-order chi connectivity index (χ1) is 7.27. The number of aromatic nitrogens is 1. The number of hydrogen-bond acceptors (Lipinski definition) is 3. The van der Waals surface area contributed by atoms with Crippen LogP contribution in [0.15, 0.2) is 18.5 Å². The minimum Gasteiger partial charge on any atom is -0.380 e. The summed E-state index contributed by atoms with van der Waals surface area (Å²) in [6, 6.07) is 2.14. The lowest BCUT2D eigenvalue weighted by atomic mass is 10.2. The van der Waals surface area contributed by atoms with Crippen LogP contribution in [-0.4, -0.2) is 36.2 Å². The molecule has 3 nitrogen and oxygen atoms in total. The topological polar surface area (TPSA) is 25.4 Å². The van der Waals surface area contributed by atoms with E-state index in [2.05, 4.69) is 9.88 Å². The summed E-state index contributed by atoms with van der Waals surface area (Å²) in [5, 5.41) is 0. The fourth-order valence-corrected chi connectivity index (χ4v) is 1.80. The van der Waals surface area contributed by atoms with Gasteiger partial charge in [0.2, 0.25) is 0 Å². The van der Waals surface area contributed by atoms with Crippen LogP contribution in [0.5, 0.6) is 0 Å². The Bertz CT molecular complexity index is 326. The minimum atomic E-state index is -0.233. The molecule has 1 unspecified atom stereocenters. The molecule has 0 aliphatic carbocycles. The highest BCUT2D eigenvalue weighted by Gasteiger charge is 2.20. The molecule has 0 radical (unpaired) electrons. The molecule has 15 heavy (non-hydrogen) atoms. The average Bonchev–Trinajstić information content (AvgIpc) is 2.74. The van der Waals surface area contributed by atoms with Gasteiger partial charge in [-0.1, -0.05) is 0 Å². The largest absolute Gasteiger partial charge is 0.380 e. The van der Waals surface area contributed by atoms with E-state index >= 15 is 0 Å². The molecule has 1 aromatic heterocycles. The number of ether oxygens (including phenoxy) is 1. The van der Waals surface area contributed by atoms with Crippen LogP contribution in [0.2, 0.25) is 0 Å². The van der Waals surface area contributed by atoms with Crippen LogP contribution in [0.1, 0.15) is 12.0 Å². The fraction of sp³-hybridized carbons (Fsp3) is 0.545. The Morgan fingerprint density at radius 3 is 3.20 bits per heavy atom. The highest BCUT2D eigenvalue weighted by Crippen LogP contribution is 2.14. The van der Waals surface area contributed by atoms with Crippen LogP contribution in [0.3, 0.4) is 0 Å². The molecule has 0 saturated carbocycles. The van der Waals surface area contributed by atoms with Crippen molar-refractivity contribution in [2.45, 2.75) is 19.0 Å². The molecule has 1 saturated heterocycles. The third-order valence-electron chi connectivity index (χ3n) is 2.81. The Hall–Kier alpha value is -1.00. The summed E-state index contributed by atoms with van der Waals surface area (Å²) >= 11 is 0. The first-order valence-corrected chi connectivity index (χ1v) is 5.14. The van der Waals surface area contributed by atoms with Crippen molar-refractivity contribution in [2.24, 2.45) is 0 Å². The summed E-state index contributed by atoms with van der Waals surface area (Å²) in [5.41, 5.74) is 0.694. The van der Waals surface area contributed by atoms with Gasteiger partial charge in [-0.3, -0.25) is 9.88 Å². The van der Waals surface area contributed by atoms with Crippen LogP contribution in [0, 0.1) is 5.82 Å². The Kier molecular flexibility index (Phi) is 3.28. The smallest absolute Gasteiger partial charge is 0.145 e. The quantitative estimate of drug-likeness (QED) is 0.755. The second-order valence-electron chi connectivity index (χ2n) is 3.90. The first kappa shape index (κ1) is 10.5. The van der Waals surface area contributed by atoms with Gasteiger partial charge in [-0.2, -0.15) is 0 Å². The predicted molar refractivity (Wildman–Crippen MR) is 54.9 cm³/mol. The summed E-state index contributed by atoms with van der Waals surface area (Å²) < 4.78 is 18.6. The maximum atomic E-state index is 13.3. The number of likely N-dealkylation sites (N-methyl/N-ethyl adjacent to an activating group) is 1. The molecule has 1 aliphatic rings. The van der Waals surface area contributed by atoms with Crippen LogP contribution < -0.4 is 0 Å². The monoisotopic (exact) mass is 210 g/mol. The summed E-state index contributed by atoms with van der Waals surface area (Å²) in [6.45, 7) is 2.18. The number of halogens is 1. The second-order valence-corrected chi connectivity index (χ2v) is 3.90. The van der Waals surface area contributed by atoms with Gasteiger partial charge in [0.25, 0.3) is 0 Å². The molecule has 82 valence electrons. The van der Waals surface area contributed by atoms with Crippen molar-refractivity contribution in [1.82, 2.24) is 9.88 Å². The molecule has 0 N–H and O–H groups in total. The van der Waals surface area contributed by atoms with Crippen LogP contribution >= 0.6 is 0 Å². The molecule has 2 rings (SSSR count). The van der Waals surface area contributed by atoms with Crippen molar-refractivity contribution >= 4 is 0 Å². The van der Waals surface area contributed by atoms with Crippen molar-refractivity contribution < 1.29 is 9.13 Å². The van der Waals surface area contributed by atoms with Crippen LogP contribution in [0.4, 0.5) is 4.39 Å². The lowest BCUT2D eigenvalue weighted by molar-refractivity contribution is 0.155. The molecule has 1 aliphatic heterocycles. The third kappa shape index (κ3) is 2.52. The molecule has 0 amide bonds. The summed E-state index contributed by atoms with van der Waals surface area (Å²) in [4.78, 5) is 5.86. The molecule has 0 spiro atoms. The Labute approximate surface area is 88.9 Å². The molecule has 0 bridgehead atoms. The maximum Gasteiger partial charge on any atom is 0.145 e. The highest BCUT2D eigenvalue weighted by molar-refractivity contribution is 5.12. The van der Waals surface area contributed by atoms with Crippen LogP contribution in [-0.2, 0) is 11.3 Å². The van der Waals surface area contributed by atoms with E-state index in [1.54, 1.807) is 12.3 Å². The Morgan fingerprint density at radius 1 is 1.67 bits per heavy atom. The molecule has 1 aromatic rings. The molecule has 4 heteroatoms. The summed E-state index contributed by atoms with van der Waals surface area (Å²) in [5.74, 6) is -0.233. The van der Waals surface area contributed by atoms with Crippen molar-refractivity contribution in [1.29, 1.82) is 0 Å². The predicted octanol–water partition coefficient (Wildman–Crippen LogP) is 1.44. The van der Waals surface area contributed by atoms with E-state index in [9.17, 15) is 4.39 Å².